The van der Waals surface area contributed by atoms with Gasteiger partial charge in [-0.3, -0.25) is 0 Å². The summed E-state index contributed by atoms with van der Waals surface area (Å²) in [7, 11) is -0.968. The molecule has 5 rings (SSSR count). The van der Waals surface area contributed by atoms with E-state index in [0.717, 1.165) is 0 Å². The molecule has 0 saturated heterocycles. The van der Waals surface area contributed by atoms with Crippen molar-refractivity contribution < 1.29 is 0 Å². The number of hydrogen-bond acceptors (Lipinski definition) is 2. The lowest BCUT2D eigenvalue weighted by Crippen LogP contribution is -2.44. The third-order valence-corrected chi connectivity index (χ3v) is 14.2. The van der Waals surface area contributed by atoms with Gasteiger partial charge in [0.15, 0.2) is 0 Å². The molecule has 0 spiro atoms. The molecule has 3 heterocycles. The zero-order chi connectivity index (χ0) is 21.2. The molecule has 1 aliphatic rings. The van der Waals surface area contributed by atoms with E-state index in [-0.39, 0.29) is 0 Å². The van der Waals surface area contributed by atoms with Crippen LogP contribution in [0.1, 0.15) is 33.4 Å². The lowest BCUT2D eigenvalue weighted by Gasteiger charge is -2.34. The predicted octanol–water partition coefficient (Wildman–Crippen LogP) is 5.49. The molecule has 0 aliphatic carbocycles. The Morgan fingerprint density at radius 1 is 0.467 bits per heavy atom. The Labute approximate surface area is 190 Å². The molecule has 0 amide bonds. The van der Waals surface area contributed by atoms with Crippen LogP contribution in [0.3, 0.4) is 0 Å². The molecule has 0 bridgehead atoms. The van der Waals surface area contributed by atoms with Gasteiger partial charge in [-0.1, -0.05) is 35.4 Å². The smallest absolute Gasteiger partial charge is 0.00403 e. The first kappa shape index (κ1) is 20.6. The summed E-state index contributed by atoms with van der Waals surface area (Å²) in [5.41, 5.74) is 8.52. The molecule has 0 unspecified atom stereocenters. The van der Waals surface area contributed by atoms with Crippen LogP contribution in [-0.2, 0) is 0 Å². The first-order valence-electron chi connectivity index (χ1n) is 10.2. The maximum Gasteiger partial charge on any atom is 0.00403 e. The second-order valence-corrected chi connectivity index (χ2v) is 14.1. The third kappa shape index (κ3) is 3.16. The fraction of sp³-hybridized carbons (Fsp3) is 0.231. The maximum absolute atomic E-state index is 2.45. The summed E-state index contributed by atoms with van der Waals surface area (Å²) in [5, 5.41) is 19.3. The zero-order valence-electron chi connectivity index (χ0n) is 18.3. The number of fused-ring (bicyclic) bond motifs is 2. The largest absolute Gasteiger partial charge is 0.151 e. The van der Waals surface area contributed by atoms with Gasteiger partial charge in [-0.2, -0.15) is 22.7 Å². The van der Waals surface area contributed by atoms with Crippen LogP contribution in [0, 0.1) is 41.5 Å². The summed E-state index contributed by atoms with van der Waals surface area (Å²) in [6.07, 6.45) is 0. The summed E-state index contributed by atoms with van der Waals surface area (Å²) < 4.78 is 0. The summed E-state index contributed by atoms with van der Waals surface area (Å²) in [4.78, 5) is 0. The summed E-state index contributed by atoms with van der Waals surface area (Å²) >= 11 is 3.78. The Morgan fingerprint density at radius 3 is 1.00 bits per heavy atom. The molecule has 0 radical (unpaired) electrons. The fourth-order valence-corrected chi connectivity index (χ4v) is 14.5. The Kier molecular flexibility index (Phi) is 5.27. The molecular weight excluding hydrogens is 438 g/mol. The van der Waals surface area contributed by atoms with Crippen molar-refractivity contribution in [2.45, 2.75) is 41.5 Å². The quantitative estimate of drug-likeness (QED) is 0.303. The summed E-state index contributed by atoms with van der Waals surface area (Å²) in [6.45, 7) is 13.7. The molecule has 152 valence electrons. The second-order valence-electron chi connectivity index (χ2n) is 8.45. The van der Waals surface area contributed by atoms with Crippen LogP contribution >= 0.6 is 38.5 Å². The van der Waals surface area contributed by atoms with Crippen molar-refractivity contribution >= 4 is 70.3 Å². The molecule has 2 aromatic heterocycles. The number of rotatable bonds is 2. The number of hydrogen-bond donors (Lipinski definition) is 0. The van der Waals surface area contributed by atoms with E-state index < -0.39 is 15.8 Å². The highest BCUT2D eigenvalue weighted by Crippen LogP contribution is 2.48. The minimum absolute atomic E-state index is 0.484. The van der Waals surface area contributed by atoms with Crippen molar-refractivity contribution in [3.8, 4) is 0 Å². The Balaban J connectivity index is 1.78. The highest BCUT2D eigenvalue weighted by atomic mass is 32.1. The molecular formula is C26H26P2S2. The molecule has 0 saturated carbocycles. The van der Waals surface area contributed by atoms with Gasteiger partial charge in [-0.05, 0) is 112 Å². The summed E-state index contributed by atoms with van der Waals surface area (Å²) in [6, 6.07) is 9.48. The lowest BCUT2D eigenvalue weighted by atomic mass is 10.1. The Morgan fingerprint density at radius 2 is 0.733 bits per heavy atom. The molecule has 4 aromatic rings. The topological polar surface area (TPSA) is 0 Å². The highest BCUT2D eigenvalue weighted by molar-refractivity contribution is 7.91. The van der Waals surface area contributed by atoms with Gasteiger partial charge in [-0.25, -0.2) is 0 Å². The van der Waals surface area contributed by atoms with E-state index in [0.29, 0.717) is 0 Å². The first-order valence-corrected chi connectivity index (χ1v) is 14.8. The standard InChI is InChI=1S/C26H26P2S2/c1-15-7-17(3)25(18(4)8-15)27-21-11-29-13-23(21)28(24-14-30-12-22(24)27)26-19(5)9-16(2)10-20(26)6/h7-14H,1-6H3. The van der Waals surface area contributed by atoms with Crippen molar-refractivity contribution in [1.82, 2.24) is 0 Å². The molecule has 1 aliphatic heterocycles. The van der Waals surface area contributed by atoms with Gasteiger partial charge in [0.1, 0.15) is 0 Å². The van der Waals surface area contributed by atoms with Gasteiger partial charge < -0.3 is 0 Å². The van der Waals surface area contributed by atoms with Crippen LogP contribution in [0.4, 0.5) is 0 Å². The molecule has 0 fully saturated rings. The van der Waals surface area contributed by atoms with Crippen LogP contribution in [0.15, 0.2) is 45.8 Å². The van der Waals surface area contributed by atoms with E-state index in [1.165, 1.54) is 33.4 Å². The van der Waals surface area contributed by atoms with Gasteiger partial charge in [0.2, 0.25) is 0 Å². The Bertz CT molecular complexity index is 1100. The van der Waals surface area contributed by atoms with Crippen molar-refractivity contribution in [2.24, 2.45) is 0 Å². The van der Waals surface area contributed by atoms with Gasteiger partial charge in [0.05, 0.1) is 0 Å². The van der Waals surface area contributed by atoms with E-state index >= 15 is 0 Å². The van der Waals surface area contributed by atoms with E-state index in [1.54, 1.807) is 31.8 Å². The van der Waals surface area contributed by atoms with Crippen LogP contribution in [0.2, 0.25) is 0 Å². The molecule has 2 aromatic carbocycles. The van der Waals surface area contributed by atoms with Crippen LogP contribution < -0.4 is 31.8 Å². The van der Waals surface area contributed by atoms with E-state index in [9.17, 15) is 0 Å². The van der Waals surface area contributed by atoms with Crippen molar-refractivity contribution in [2.75, 3.05) is 0 Å². The van der Waals surface area contributed by atoms with E-state index in [2.05, 4.69) is 87.3 Å². The minimum Gasteiger partial charge on any atom is -0.151 e. The number of thiophene rings is 2. The average Bonchev–Trinajstić information content (AvgIpc) is 3.31. The molecule has 4 heteroatoms. The van der Waals surface area contributed by atoms with Gasteiger partial charge in [-0.15, -0.1) is 0 Å². The van der Waals surface area contributed by atoms with Crippen LogP contribution in [0.5, 0.6) is 0 Å². The average molecular weight is 465 g/mol. The van der Waals surface area contributed by atoms with Crippen molar-refractivity contribution in [3.63, 3.8) is 0 Å². The highest BCUT2D eigenvalue weighted by Gasteiger charge is 2.37. The SMILES string of the molecule is Cc1cc(C)c(P2c3cscc3P(c3c(C)cc(C)cc3C)c3cscc32)c(C)c1. The second kappa shape index (κ2) is 7.68. The normalized spacial score (nSPS) is 17.7. The minimum atomic E-state index is -0.484. The van der Waals surface area contributed by atoms with Crippen molar-refractivity contribution in [3.05, 3.63) is 79.2 Å². The summed E-state index contributed by atoms with van der Waals surface area (Å²) in [5.74, 6) is 0. The van der Waals surface area contributed by atoms with Gasteiger partial charge >= 0.3 is 0 Å². The Hall–Kier alpha value is -1.30. The van der Waals surface area contributed by atoms with Crippen LogP contribution in [-0.4, -0.2) is 0 Å². The number of benzene rings is 2. The molecule has 0 N–H and O–H groups in total. The van der Waals surface area contributed by atoms with Gasteiger partial charge in [0, 0.05) is 21.2 Å². The lowest BCUT2D eigenvalue weighted by molar-refractivity contribution is 1.35. The van der Waals surface area contributed by atoms with Crippen molar-refractivity contribution in [1.29, 1.82) is 0 Å². The number of aryl methyl sites for hydroxylation is 6. The molecule has 30 heavy (non-hydrogen) atoms. The molecule has 0 atom stereocenters. The van der Waals surface area contributed by atoms with Gasteiger partial charge in [0.25, 0.3) is 0 Å². The van der Waals surface area contributed by atoms with E-state index in [4.69, 9.17) is 0 Å². The monoisotopic (exact) mass is 464 g/mol. The first-order chi connectivity index (χ1) is 14.4. The third-order valence-electron chi connectivity index (χ3n) is 5.93. The maximum atomic E-state index is 2.45. The zero-order valence-corrected chi connectivity index (χ0v) is 21.8. The van der Waals surface area contributed by atoms with Crippen LogP contribution in [0.25, 0.3) is 0 Å². The van der Waals surface area contributed by atoms with E-state index in [1.807, 2.05) is 22.7 Å². The predicted molar refractivity (Wildman–Crippen MR) is 142 cm³/mol. The molecule has 0 nitrogen and oxygen atoms in total. The fourth-order valence-electron chi connectivity index (χ4n) is 5.03.